The van der Waals surface area contributed by atoms with Crippen LogP contribution in [0.2, 0.25) is 0 Å². The summed E-state index contributed by atoms with van der Waals surface area (Å²) in [5, 5.41) is 33.5. The minimum atomic E-state index is -1.26. The summed E-state index contributed by atoms with van der Waals surface area (Å²) in [5.74, 6) is -0.305. The van der Waals surface area contributed by atoms with Crippen LogP contribution in [0.1, 0.15) is 53.4 Å². The lowest BCUT2D eigenvalue weighted by molar-refractivity contribution is -0.241. The number of aliphatic hydroxyl groups excluding tert-OH is 2. The molecule has 0 spiro atoms. The second-order valence-electron chi connectivity index (χ2n) is 9.50. The zero-order chi connectivity index (χ0) is 18.4. The van der Waals surface area contributed by atoms with Crippen molar-refractivity contribution in [3.63, 3.8) is 0 Å². The van der Waals surface area contributed by atoms with Gasteiger partial charge in [0.25, 0.3) is 0 Å². The van der Waals surface area contributed by atoms with Gasteiger partial charge in [-0.05, 0) is 44.6 Å². The summed E-state index contributed by atoms with van der Waals surface area (Å²) in [7, 11) is 0. The highest BCUT2D eigenvalue weighted by Gasteiger charge is 2.65. The lowest BCUT2D eigenvalue weighted by atomic mass is 9.47. The van der Waals surface area contributed by atoms with Crippen molar-refractivity contribution in [1.29, 1.82) is 0 Å². The Labute approximate surface area is 149 Å². The maximum Gasteiger partial charge on any atom is 0.174 e. The fourth-order valence-electron chi connectivity index (χ4n) is 6.18. The maximum atomic E-state index is 13.4. The van der Waals surface area contributed by atoms with Gasteiger partial charge in [0.2, 0.25) is 0 Å². The number of hydrogen-bond donors (Lipinski definition) is 3. The molecule has 0 aromatic rings. The number of allylic oxidation sites excluding steroid dienone is 1. The summed E-state index contributed by atoms with van der Waals surface area (Å²) < 4.78 is 5.61. The molecule has 1 aliphatic heterocycles. The Morgan fingerprint density at radius 2 is 1.88 bits per heavy atom. The van der Waals surface area contributed by atoms with E-state index in [9.17, 15) is 20.1 Å². The van der Waals surface area contributed by atoms with Gasteiger partial charge in [0.15, 0.2) is 5.78 Å². The van der Waals surface area contributed by atoms with Crippen LogP contribution in [0.4, 0.5) is 0 Å². The summed E-state index contributed by atoms with van der Waals surface area (Å²) >= 11 is 0. The minimum Gasteiger partial charge on any atom is -0.392 e. The Morgan fingerprint density at radius 1 is 1.20 bits per heavy atom. The molecule has 25 heavy (non-hydrogen) atoms. The second kappa shape index (κ2) is 5.16. The van der Waals surface area contributed by atoms with Crippen molar-refractivity contribution in [3.05, 3.63) is 11.1 Å². The molecule has 0 aromatic carbocycles. The molecule has 3 fully saturated rings. The first-order chi connectivity index (χ1) is 11.5. The van der Waals surface area contributed by atoms with Gasteiger partial charge >= 0.3 is 0 Å². The maximum absolute atomic E-state index is 13.4. The van der Waals surface area contributed by atoms with Crippen molar-refractivity contribution in [3.8, 4) is 0 Å². The molecule has 7 atom stereocenters. The monoisotopic (exact) mass is 350 g/mol. The normalized spacial score (nSPS) is 51.8. The van der Waals surface area contributed by atoms with Gasteiger partial charge in [0, 0.05) is 17.8 Å². The molecule has 0 amide bonds. The molecule has 5 nitrogen and oxygen atoms in total. The Balaban J connectivity index is 1.90. The third-order valence-electron chi connectivity index (χ3n) is 8.24. The van der Waals surface area contributed by atoms with Gasteiger partial charge in [0.1, 0.15) is 6.10 Å². The average Bonchev–Trinajstić information content (AvgIpc) is 2.51. The Bertz CT molecular complexity index is 652. The van der Waals surface area contributed by atoms with Crippen molar-refractivity contribution in [2.24, 2.45) is 22.7 Å². The van der Waals surface area contributed by atoms with E-state index in [1.807, 2.05) is 20.8 Å². The van der Waals surface area contributed by atoms with E-state index in [2.05, 4.69) is 0 Å². The van der Waals surface area contributed by atoms with Crippen molar-refractivity contribution < 1.29 is 24.9 Å². The Hall–Kier alpha value is -0.750. The van der Waals surface area contributed by atoms with E-state index in [-0.39, 0.29) is 23.7 Å². The predicted octanol–water partition coefficient (Wildman–Crippen LogP) is 1.59. The smallest absolute Gasteiger partial charge is 0.174 e. The Morgan fingerprint density at radius 3 is 2.48 bits per heavy atom. The first-order valence-electron chi connectivity index (χ1n) is 9.48. The highest BCUT2D eigenvalue weighted by Crippen LogP contribution is 2.60. The van der Waals surface area contributed by atoms with E-state index in [1.165, 1.54) is 0 Å². The number of carbonyl (C=O) groups excluding carboxylic acids is 1. The van der Waals surface area contributed by atoms with Gasteiger partial charge in [-0.15, -0.1) is 0 Å². The summed E-state index contributed by atoms with van der Waals surface area (Å²) in [6.07, 6.45) is 0.0513. The standard InChI is InChI=1S/C20H30O5/c1-10-5-6-20(24)8-12-11-9-25-13(11)7-14(21)19(12,4)17(23)16(22)15(10)18(20,2)3/h11-14,16,21-22,24H,5-9H2,1-4H3/t11-,12?,13+,14-,16+,19-,20+/m0/s1. The Kier molecular flexibility index (Phi) is 3.64. The topological polar surface area (TPSA) is 87.0 Å². The van der Waals surface area contributed by atoms with Gasteiger partial charge < -0.3 is 20.1 Å². The second-order valence-corrected chi connectivity index (χ2v) is 9.50. The first-order valence-corrected chi connectivity index (χ1v) is 9.48. The van der Waals surface area contributed by atoms with Gasteiger partial charge in [-0.25, -0.2) is 0 Å². The highest BCUT2D eigenvalue weighted by molar-refractivity contribution is 5.92. The van der Waals surface area contributed by atoms with Gasteiger partial charge in [-0.1, -0.05) is 19.4 Å². The summed E-state index contributed by atoms with van der Waals surface area (Å²) in [6, 6.07) is 0. The molecule has 1 unspecified atom stereocenters. The van der Waals surface area contributed by atoms with Crippen molar-refractivity contribution in [2.75, 3.05) is 6.61 Å². The molecule has 4 rings (SSSR count). The van der Waals surface area contributed by atoms with Crippen LogP contribution in [-0.4, -0.2) is 51.6 Å². The number of ketones is 1. The molecule has 2 bridgehead atoms. The minimum absolute atomic E-state index is 0.0375. The number of carbonyl (C=O) groups is 1. The lowest BCUT2D eigenvalue weighted by Crippen LogP contribution is -2.68. The van der Waals surface area contributed by atoms with E-state index < -0.39 is 28.6 Å². The molecule has 3 aliphatic carbocycles. The highest BCUT2D eigenvalue weighted by atomic mass is 16.5. The van der Waals surface area contributed by atoms with Gasteiger partial charge in [0.05, 0.1) is 29.8 Å². The van der Waals surface area contributed by atoms with E-state index in [0.717, 1.165) is 5.57 Å². The zero-order valence-electron chi connectivity index (χ0n) is 15.6. The van der Waals surface area contributed by atoms with Crippen LogP contribution in [0.15, 0.2) is 11.1 Å². The van der Waals surface area contributed by atoms with Crippen LogP contribution in [-0.2, 0) is 9.53 Å². The largest absolute Gasteiger partial charge is 0.392 e. The number of ether oxygens (including phenoxy) is 1. The molecule has 140 valence electrons. The molecule has 1 heterocycles. The molecule has 1 saturated heterocycles. The summed E-state index contributed by atoms with van der Waals surface area (Å²) in [4.78, 5) is 13.4. The number of fused-ring (bicyclic) bond motifs is 5. The summed E-state index contributed by atoms with van der Waals surface area (Å²) in [6.45, 7) is 8.19. The lowest BCUT2D eigenvalue weighted by Gasteiger charge is -2.61. The SMILES string of the molecule is CC1=C2[C@@H](O)C(=O)[C@@]3(C)C(C[C@](O)(CC1)C2(C)C)[C@@H]1CO[C@@H]1C[C@@H]3O. The van der Waals surface area contributed by atoms with Gasteiger partial charge in [-0.3, -0.25) is 4.79 Å². The van der Waals surface area contributed by atoms with Crippen LogP contribution in [0, 0.1) is 22.7 Å². The fraction of sp³-hybridized carbons (Fsp3) is 0.850. The van der Waals surface area contributed by atoms with E-state index in [4.69, 9.17) is 4.74 Å². The molecule has 0 aromatic heterocycles. The number of Topliss-reactive ketones (excluding diaryl/α,β-unsaturated/α-hetero) is 1. The third kappa shape index (κ3) is 2.01. The number of hydrogen-bond acceptors (Lipinski definition) is 5. The fourth-order valence-corrected chi connectivity index (χ4v) is 6.18. The molecule has 2 saturated carbocycles. The molecule has 3 N–H and O–H groups in total. The molecular formula is C20H30O5. The van der Waals surface area contributed by atoms with Gasteiger partial charge in [-0.2, -0.15) is 0 Å². The van der Waals surface area contributed by atoms with Crippen LogP contribution < -0.4 is 0 Å². The zero-order valence-corrected chi connectivity index (χ0v) is 15.6. The van der Waals surface area contributed by atoms with Crippen molar-refractivity contribution >= 4 is 5.78 Å². The van der Waals surface area contributed by atoms with Crippen LogP contribution in [0.5, 0.6) is 0 Å². The van der Waals surface area contributed by atoms with E-state index >= 15 is 0 Å². The first kappa shape index (κ1) is 17.7. The van der Waals surface area contributed by atoms with Crippen molar-refractivity contribution in [1.82, 2.24) is 0 Å². The molecule has 5 heteroatoms. The van der Waals surface area contributed by atoms with E-state index in [0.29, 0.717) is 37.9 Å². The average molecular weight is 350 g/mol. The van der Waals surface area contributed by atoms with Crippen LogP contribution in [0.25, 0.3) is 0 Å². The van der Waals surface area contributed by atoms with E-state index in [1.54, 1.807) is 6.92 Å². The molecular weight excluding hydrogens is 320 g/mol. The third-order valence-corrected chi connectivity index (χ3v) is 8.24. The molecule has 4 aliphatic rings. The van der Waals surface area contributed by atoms with Crippen LogP contribution >= 0.6 is 0 Å². The number of rotatable bonds is 0. The predicted molar refractivity (Wildman–Crippen MR) is 91.7 cm³/mol. The molecule has 0 radical (unpaired) electrons. The quantitative estimate of drug-likeness (QED) is 0.578. The number of aliphatic hydroxyl groups is 3. The summed E-state index contributed by atoms with van der Waals surface area (Å²) in [5.41, 5.74) is -1.06. The van der Waals surface area contributed by atoms with Crippen LogP contribution in [0.3, 0.4) is 0 Å². The van der Waals surface area contributed by atoms with Crippen molar-refractivity contribution in [2.45, 2.75) is 77.3 Å².